The van der Waals surface area contributed by atoms with Crippen molar-refractivity contribution in [2.75, 3.05) is 19.8 Å². The minimum atomic E-state index is -0.0624. The van der Waals surface area contributed by atoms with E-state index in [9.17, 15) is 4.79 Å². The van der Waals surface area contributed by atoms with Crippen LogP contribution in [0.4, 0.5) is 0 Å². The number of benzene rings is 1. The van der Waals surface area contributed by atoms with Gasteiger partial charge in [-0.15, -0.1) is 0 Å². The van der Waals surface area contributed by atoms with Crippen LogP contribution in [0, 0.1) is 0 Å². The molecule has 0 heterocycles. The zero-order valence-electron chi connectivity index (χ0n) is 11.9. The lowest BCUT2D eigenvalue weighted by Gasteiger charge is -2.08. The van der Waals surface area contributed by atoms with Gasteiger partial charge in [0.1, 0.15) is 5.75 Å². The van der Waals surface area contributed by atoms with Gasteiger partial charge in [0.05, 0.1) is 12.7 Å². The third-order valence-electron chi connectivity index (χ3n) is 2.49. The van der Waals surface area contributed by atoms with Gasteiger partial charge in [-0.1, -0.05) is 0 Å². The Hall–Kier alpha value is -1.55. The molecule has 1 amide bonds. The van der Waals surface area contributed by atoms with Gasteiger partial charge in [-0.25, -0.2) is 0 Å². The summed E-state index contributed by atoms with van der Waals surface area (Å²) >= 11 is 0. The van der Waals surface area contributed by atoms with E-state index < -0.39 is 0 Å². The first-order valence-corrected chi connectivity index (χ1v) is 6.76. The minimum absolute atomic E-state index is 0.0624. The first-order chi connectivity index (χ1) is 9.13. The quantitative estimate of drug-likeness (QED) is 0.735. The third-order valence-corrected chi connectivity index (χ3v) is 2.49. The summed E-state index contributed by atoms with van der Waals surface area (Å²) < 4.78 is 10.7. The molecule has 106 valence electrons. The summed E-state index contributed by atoms with van der Waals surface area (Å²) in [5.41, 5.74) is 0.647. The summed E-state index contributed by atoms with van der Waals surface area (Å²) in [6.07, 6.45) is 1.06. The van der Waals surface area contributed by atoms with E-state index >= 15 is 0 Å². The van der Waals surface area contributed by atoms with Gasteiger partial charge in [-0.3, -0.25) is 4.79 Å². The SMILES string of the molecule is CCOc1ccc(C(=O)NCCCOC(C)C)cc1. The summed E-state index contributed by atoms with van der Waals surface area (Å²) in [7, 11) is 0. The van der Waals surface area contributed by atoms with E-state index in [4.69, 9.17) is 9.47 Å². The summed E-state index contributed by atoms with van der Waals surface area (Å²) in [5, 5.41) is 2.86. The number of amides is 1. The van der Waals surface area contributed by atoms with E-state index in [2.05, 4.69) is 5.32 Å². The second kappa shape index (κ2) is 8.53. The molecule has 0 aliphatic rings. The number of nitrogens with one attached hydrogen (secondary N) is 1. The van der Waals surface area contributed by atoms with Crippen LogP contribution in [0.2, 0.25) is 0 Å². The molecule has 1 aromatic carbocycles. The number of rotatable bonds is 8. The molecule has 0 saturated carbocycles. The Balaban J connectivity index is 2.29. The molecule has 0 aromatic heterocycles. The highest BCUT2D eigenvalue weighted by molar-refractivity contribution is 5.94. The molecule has 0 spiro atoms. The Labute approximate surface area is 115 Å². The van der Waals surface area contributed by atoms with Crippen LogP contribution in [0.3, 0.4) is 0 Å². The molecule has 0 bridgehead atoms. The maximum absolute atomic E-state index is 11.8. The molecule has 0 aliphatic heterocycles. The first-order valence-electron chi connectivity index (χ1n) is 6.76. The molecule has 0 radical (unpaired) electrons. The van der Waals surface area contributed by atoms with Gasteiger partial charge in [0.25, 0.3) is 5.91 Å². The number of carbonyl (C=O) groups is 1. The maximum Gasteiger partial charge on any atom is 0.251 e. The van der Waals surface area contributed by atoms with Crippen LogP contribution in [0.25, 0.3) is 0 Å². The second-order valence-electron chi connectivity index (χ2n) is 4.49. The Kier molecular flexibility index (Phi) is 6.97. The Morgan fingerprint density at radius 1 is 1.26 bits per heavy atom. The highest BCUT2D eigenvalue weighted by Gasteiger charge is 2.04. The minimum Gasteiger partial charge on any atom is -0.494 e. The molecule has 1 aromatic rings. The molecule has 1 N–H and O–H groups in total. The van der Waals surface area contributed by atoms with Crippen molar-refractivity contribution >= 4 is 5.91 Å². The van der Waals surface area contributed by atoms with E-state index in [1.165, 1.54) is 0 Å². The van der Waals surface area contributed by atoms with Crippen LogP contribution in [-0.4, -0.2) is 31.8 Å². The largest absolute Gasteiger partial charge is 0.494 e. The van der Waals surface area contributed by atoms with Crippen LogP contribution in [0.1, 0.15) is 37.6 Å². The van der Waals surface area contributed by atoms with Gasteiger partial charge < -0.3 is 14.8 Å². The lowest BCUT2D eigenvalue weighted by Crippen LogP contribution is -2.25. The molecule has 0 aliphatic carbocycles. The maximum atomic E-state index is 11.8. The molecule has 0 unspecified atom stereocenters. The predicted octanol–water partition coefficient (Wildman–Crippen LogP) is 2.63. The van der Waals surface area contributed by atoms with E-state index in [0.717, 1.165) is 12.2 Å². The summed E-state index contributed by atoms with van der Waals surface area (Å²) in [5.74, 6) is 0.719. The second-order valence-corrected chi connectivity index (χ2v) is 4.49. The number of ether oxygens (including phenoxy) is 2. The number of hydrogen-bond acceptors (Lipinski definition) is 3. The highest BCUT2D eigenvalue weighted by atomic mass is 16.5. The van der Waals surface area contributed by atoms with Crippen LogP contribution >= 0.6 is 0 Å². The van der Waals surface area contributed by atoms with Crippen molar-refractivity contribution in [1.82, 2.24) is 5.32 Å². The monoisotopic (exact) mass is 265 g/mol. The van der Waals surface area contributed by atoms with Crippen molar-refractivity contribution in [2.24, 2.45) is 0 Å². The predicted molar refractivity (Wildman–Crippen MR) is 75.6 cm³/mol. The van der Waals surface area contributed by atoms with Gasteiger partial charge >= 0.3 is 0 Å². The van der Waals surface area contributed by atoms with E-state index in [-0.39, 0.29) is 12.0 Å². The fourth-order valence-electron chi connectivity index (χ4n) is 1.56. The Morgan fingerprint density at radius 3 is 2.53 bits per heavy atom. The van der Waals surface area contributed by atoms with Crippen LogP contribution in [0.5, 0.6) is 5.75 Å². The normalized spacial score (nSPS) is 10.5. The van der Waals surface area contributed by atoms with Crippen molar-refractivity contribution in [2.45, 2.75) is 33.3 Å². The lowest BCUT2D eigenvalue weighted by molar-refractivity contribution is 0.0757. The zero-order chi connectivity index (χ0) is 14.1. The fourth-order valence-corrected chi connectivity index (χ4v) is 1.56. The summed E-state index contributed by atoms with van der Waals surface area (Å²) in [6.45, 7) is 7.85. The molecular formula is C15H23NO3. The van der Waals surface area contributed by atoms with Crippen LogP contribution in [0.15, 0.2) is 24.3 Å². The molecule has 4 nitrogen and oxygen atoms in total. The smallest absolute Gasteiger partial charge is 0.251 e. The molecule has 4 heteroatoms. The van der Waals surface area contributed by atoms with Crippen molar-refractivity contribution in [3.63, 3.8) is 0 Å². The van der Waals surface area contributed by atoms with Crippen molar-refractivity contribution in [1.29, 1.82) is 0 Å². The summed E-state index contributed by atoms with van der Waals surface area (Å²) in [6, 6.07) is 7.15. The average molecular weight is 265 g/mol. The molecule has 0 saturated heterocycles. The van der Waals surface area contributed by atoms with Gasteiger partial charge in [0, 0.05) is 18.7 Å². The molecule has 0 fully saturated rings. The molecule has 1 rings (SSSR count). The van der Waals surface area contributed by atoms with Crippen LogP contribution in [-0.2, 0) is 4.74 Å². The number of hydrogen-bond donors (Lipinski definition) is 1. The lowest BCUT2D eigenvalue weighted by atomic mass is 10.2. The van der Waals surface area contributed by atoms with E-state index in [1.807, 2.05) is 20.8 Å². The van der Waals surface area contributed by atoms with Gasteiger partial charge in [-0.05, 0) is 51.5 Å². The van der Waals surface area contributed by atoms with Gasteiger partial charge in [-0.2, -0.15) is 0 Å². The topological polar surface area (TPSA) is 47.6 Å². The van der Waals surface area contributed by atoms with Gasteiger partial charge in [0.2, 0.25) is 0 Å². The van der Waals surface area contributed by atoms with Crippen LogP contribution < -0.4 is 10.1 Å². The average Bonchev–Trinajstić information content (AvgIpc) is 2.39. The van der Waals surface area contributed by atoms with Gasteiger partial charge in [0.15, 0.2) is 0 Å². The highest BCUT2D eigenvalue weighted by Crippen LogP contribution is 2.11. The molecule has 19 heavy (non-hydrogen) atoms. The zero-order valence-corrected chi connectivity index (χ0v) is 11.9. The van der Waals surface area contributed by atoms with Crippen molar-refractivity contribution in [3.05, 3.63) is 29.8 Å². The summed E-state index contributed by atoms with van der Waals surface area (Å²) in [4.78, 5) is 11.8. The Morgan fingerprint density at radius 2 is 1.95 bits per heavy atom. The van der Waals surface area contributed by atoms with E-state index in [0.29, 0.717) is 25.3 Å². The fraction of sp³-hybridized carbons (Fsp3) is 0.533. The van der Waals surface area contributed by atoms with Crippen molar-refractivity contribution in [3.8, 4) is 5.75 Å². The van der Waals surface area contributed by atoms with E-state index in [1.54, 1.807) is 24.3 Å². The number of carbonyl (C=O) groups excluding carboxylic acids is 1. The standard InChI is InChI=1S/C15H23NO3/c1-4-18-14-8-6-13(7-9-14)15(17)16-10-5-11-19-12(2)3/h6-9,12H,4-5,10-11H2,1-3H3,(H,16,17). The third kappa shape index (κ3) is 6.25. The van der Waals surface area contributed by atoms with Crippen molar-refractivity contribution < 1.29 is 14.3 Å². The Bertz CT molecular complexity index is 373. The molecular weight excluding hydrogens is 242 g/mol. The first kappa shape index (κ1) is 15.5. The molecule has 0 atom stereocenters.